The number of benzene rings is 1. The van der Waals surface area contributed by atoms with Crippen LogP contribution in [0.2, 0.25) is 0 Å². The Morgan fingerprint density at radius 1 is 1.35 bits per heavy atom. The van der Waals surface area contributed by atoms with Crippen LogP contribution in [-0.4, -0.2) is 22.0 Å². The zero-order valence-electron chi connectivity index (χ0n) is 10.1. The summed E-state index contributed by atoms with van der Waals surface area (Å²) in [5.74, 6) is 1.16. The molecule has 1 aromatic carbocycles. The van der Waals surface area contributed by atoms with E-state index in [9.17, 15) is 8.42 Å². The van der Waals surface area contributed by atoms with Gasteiger partial charge in [0.2, 0.25) is 10.0 Å². The highest BCUT2D eigenvalue weighted by atomic mass is 32.2. The average Bonchev–Trinajstić information content (AvgIpc) is 3.03. The van der Waals surface area contributed by atoms with Crippen LogP contribution in [0, 0.1) is 11.8 Å². The molecule has 2 atom stereocenters. The van der Waals surface area contributed by atoms with Gasteiger partial charge in [-0.3, -0.25) is 0 Å². The van der Waals surface area contributed by atoms with Crippen LogP contribution in [-0.2, 0) is 10.0 Å². The Kier molecular flexibility index (Phi) is 3.40. The van der Waals surface area contributed by atoms with Crippen LogP contribution in [0.4, 0.5) is 5.69 Å². The Labute approximate surface area is 102 Å². The summed E-state index contributed by atoms with van der Waals surface area (Å²) in [6.07, 6.45) is 1.12. The first kappa shape index (κ1) is 12.4. The summed E-state index contributed by atoms with van der Waals surface area (Å²) in [5.41, 5.74) is 0.629. The topological polar surface area (TPSA) is 58.2 Å². The molecule has 17 heavy (non-hydrogen) atoms. The highest BCUT2D eigenvalue weighted by Crippen LogP contribution is 2.37. The smallest absolute Gasteiger partial charge is 0.242 e. The van der Waals surface area contributed by atoms with Crippen LogP contribution in [0.15, 0.2) is 29.2 Å². The van der Waals surface area contributed by atoms with Crippen molar-refractivity contribution in [1.82, 2.24) is 4.72 Å². The van der Waals surface area contributed by atoms with Crippen LogP contribution in [0.5, 0.6) is 0 Å². The van der Waals surface area contributed by atoms with Crippen molar-refractivity contribution >= 4 is 15.7 Å². The van der Waals surface area contributed by atoms with E-state index in [-0.39, 0.29) is 0 Å². The van der Waals surface area contributed by atoms with Crippen molar-refractivity contribution in [2.45, 2.75) is 18.2 Å². The number of para-hydroxylation sites is 1. The third-order valence-electron chi connectivity index (χ3n) is 3.26. The molecule has 0 heterocycles. The standard InChI is InChI=1S/C12H18N2O2S/c1-9-7-10(9)8-14-17(15,16)12-6-4-3-5-11(12)13-2/h3-6,9-10,13-14H,7-8H2,1-2H3. The predicted molar refractivity (Wildman–Crippen MR) is 68.4 cm³/mol. The third kappa shape index (κ3) is 2.79. The molecule has 0 spiro atoms. The van der Waals surface area contributed by atoms with Gasteiger partial charge in [0.15, 0.2) is 0 Å². The Balaban J connectivity index is 2.13. The monoisotopic (exact) mass is 254 g/mol. The van der Waals surface area contributed by atoms with Crippen molar-refractivity contribution in [3.8, 4) is 0 Å². The number of rotatable bonds is 5. The molecule has 94 valence electrons. The molecule has 1 fully saturated rings. The van der Waals surface area contributed by atoms with Gasteiger partial charge in [-0.1, -0.05) is 19.1 Å². The van der Waals surface area contributed by atoms with Gasteiger partial charge in [0.25, 0.3) is 0 Å². The van der Waals surface area contributed by atoms with Gasteiger partial charge in [-0.05, 0) is 30.4 Å². The quantitative estimate of drug-likeness (QED) is 0.840. The van der Waals surface area contributed by atoms with Crippen molar-refractivity contribution in [3.63, 3.8) is 0 Å². The van der Waals surface area contributed by atoms with E-state index in [1.807, 2.05) is 6.07 Å². The number of sulfonamides is 1. The van der Waals surface area contributed by atoms with Crippen LogP contribution < -0.4 is 10.0 Å². The molecular formula is C12H18N2O2S. The van der Waals surface area contributed by atoms with Gasteiger partial charge in [-0.2, -0.15) is 0 Å². The summed E-state index contributed by atoms with van der Waals surface area (Å²) < 4.78 is 26.9. The Bertz CT molecular complexity index is 499. The van der Waals surface area contributed by atoms with Gasteiger partial charge >= 0.3 is 0 Å². The van der Waals surface area contributed by atoms with E-state index in [2.05, 4.69) is 17.0 Å². The molecule has 0 amide bonds. The van der Waals surface area contributed by atoms with Gasteiger partial charge in [0, 0.05) is 13.6 Å². The first-order valence-electron chi connectivity index (χ1n) is 5.81. The second-order valence-electron chi connectivity index (χ2n) is 4.57. The summed E-state index contributed by atoms with van der Waals surface area (Å²) in [6.45, 7) is 2.68. The fourth-order valence-corrected chi connectivity index (χ4v) is 3.19. The van der Waals surface area contributed by atoms with Crippen molar-refractivity contribution in [2.24, 2.45) is 11.8 Å². The van der Waals surface area contributed by atoms with Gasteiger partial charge < -0.3 is 5.32 Å². The molecule has 5 heteroatoms. The fraction of sp³-hybridized carbons (Fsp3) is 0.500. The molecule has 1 aromatic rings. The normalized spacial score (nSPS) is 23.4. The van der Waals surface area contributed by atoms with E-state index < -0.39 is 10.0 Å². The van der Waals surface area contributed by atoms with Gasteiger partial charge in [0.1, 0.15) is 4.90 Å². The van der Waals surface area contributed by atoms with E-state index in [1.54, 1.807) is 25.2 Å². The molecule has 1 aliphatic rings. The van der Waals surface area contributed by atoms with E-state index in [4.69, 9.17) is 0 Å². The predicted octanol–water partition coefficient (Wildman–Crippen LogP) is 1.66. The molecule has 0 radical (unpaired) electrons. The molecule has 2 rings (SSSR count). The fourth-order valence-electron chi connectivity index (χ4n) is 1.89. The number of hydrogen-bond acceptors (Lipinski definition) is 3. The van der Waals surface area contributed by atoms with Crippen molar-refractivity contribution in [1.29, 1.82) is 0 Å². The first-order valence-corrected chi connectivity index (χ1v) is 7.29. The van der Waals surface area contributed by atoms with Crippen LogP contribution in [0.25, 0.3) is 0 Å². The number of nitrogens with one attached hydrogen (secondary N) is 2. The minimum Gasteiger partial charge on any atom is -0.387 e. The molecular weight excluding hydrogens is 236 g/mol. The minimum absolute atomic E-state index is 0.316. The van der Waals surface area contributed by atoms with Gasteiger partial charge in [-0.25, -0.2) is 13.1 Å². The minimum atomic E-state index is -3.39. The van der Waals surface area contributed by atoms with Crippen molar-refractivity contribution < 1.29 is 8.42 Å². The summed E-state index contributed by atoms with van der Waals surface area (Å²) in [6, 6.07) is 6.92. The number of hydrogen-bond donors (Lipinski definition) is 2. The van der Waals surface area contributed by atoms with Crippen molar-refractivity contribution in [2.75, 3.05) is 18.9 Å². The second kappa shape index (κ2) is 4.66. The molecule has 1 saturated carbocycles. The maximum Gasteiger partial charge on any atom is 0.242 e. The molecule has 0 aliphatic heterocycles. The lowest BCUT2D eigenvalue weighted by Gasteiger charge is -2.10. The average molecular weight is 254 g/mol. The van der Waals surface area contributed by atoms with Gasteiger partial charge in [-0.15, -0.1) is 0 Å². The number of anilines is 1. The lowest BCUT2D eigenvalue weighted by atomic mass is 10.3. The first-order chi connectivity index (χ1) is 8.04. The van der Waals surface area contributed by atoms with E-state index in [0.29, 0.717) is 29.0 Å². The Morgan fingerprint density at radius 3 is 2.59 bits per heavy atom. The van der Waals surface area contributed by atoms with Crippen LogP contribution >= 0.6 is 0 Å². The SMILES string of the molecule is CNc1ccccc1S(=O)(=O)NCC1CC1C. The lowest BCUT2D eigenvalue weighted by Crippen LogP contribution is -2.26. The molecule has 2 N–H and O–H groups in total. The van der Waals surface area contributed by atoms with E-state index in [0.717, 1.165) is 6.42 Å². The maximum absolute atomic E-state index is 12.1. The largest absolute Gasteiger partial charge is 0.387 e. The zero-order valence-corrected chi connectivity index (χ0v) is 10.9. The molecule has 0 bridgehead atoms. The van der Waals surface area contributed by atoms with Crippen LogP contribution in [0.1, 0.15) is 13.3 Å². The van der Waals surface area contributed by atoms with Crippen LogP contribution in [0.3, 0.4) is 0 Å². The molecule has 0 saturated heterocycles. The third-order valence-corrected chi connectivity index (χ3v) is 4.74. The van der Waals surface area contributed by atoms with E-state index >= 15 is 0 Å². The Hall–Kier alpha value is -1.07. The highest BCUT2D eigenvalue weighted by molar-refractivity contribution is 7.89. The van der Waals surface area contributed by atoms with E-state index in [1.165, 1.54) is 0 Å². The Morgan fingerprint density at radius 2 is 2.00 bits per heavy atom. The van der Waals surface area contributed by atoms with Gasteiger partial charge in [0.05, 0.1) is 5.69 Å². The summed E-state index contributed by atoms with van der Waals surface area (Å²) in [7, 11) is -1.67. The summed E-state index contributed by atoms with van der Waals surface area (Å²) in [4.78, 5) is 0.316. The summed E-state index contributed by atoms with van der Waals surface area (Å²) >= 11 is 0. The maximum atomic E-state index is 12.1. The molecule has 1 aliphatic carbocycles. The second-order valence-corrected chi connectivity index (χ2v) is 6.31. The zero-order chi connectivity index (χ0) is 12.5. The molecule has 4 nitrogen and oxygen atoms in total. The summed E-state index contributed by atoms with van der Waals surface area (Å²) in [5, 5.41) is 2.89. The van der Waals surface area contributed by atoms with Crippen molar-refractivity contribution in [3.05, 3.63) is 24.3 Å². The molecule has 0 aromatic heterocycles. The highest BCUT2D eigenvalue weighted by Gasteiger charge is 2.33. The molecule has 2 unspecified atom stereocenters. The lowest BCUT2D eigenvalue weighted by molar-refractivity contribution is 0.575.